The Labute approximate surface area is 76.5 Å². The van der Waals surface area contributed by atoms with Crippen LogP contribution in [-0.4, -0.2) is 4.92 Å². The third-order valence-electron chi connectivity index (χ3n) is 2.38. The largest absolute Gasteiger partial charge is 0.272 e. The summed E-state index contributed by atoms with van der Waals surface area (Å²) in [5.41, 5.74) is 2.22. The maximum absolute atomic E-state index is 10.7. The zero-order valence-corrected chi connectivity index (χ0v) is 7.19. The normalized spacial score (nSPS) is 15.1. The Morgan fingerprint density at radius 2 is 2.23 bits per heavy atom. The standard InChI is InChI=1S/C10H10NO2/c12-11(13)10-7-3-5-8-4-1-2-6-9(8)10/h3-5,7H,1-2,6H2. The van der Waals surface area contributed by atoms with Gasteiger partial charge >= 0.3 is 0 Å². The molecule has 1 aliphatic carbocycles. The molecule has 1 aromatic rings. The third-order valence-corrected chi connectivity index (χ3v) is 2.38. The van der Waals surface area contributed by atoms with Gasteiger partial charge in [0.15, 0.2) is 0 Å². The third kappa shape index (κ3) is 1.41. The van der Waals surface area contributed by atoms with Gasteiger partial charge in [0.25, 0.3) is 5.69 Å². The van der Waals surface area contributed by atoms with Gasteiger partial charge in [-0.15, -0.1) is 0 Å². The minimum Gasteiger partial charge on any atom is -0.258 e. The number of nitro groups is 1. The Morgan fingerprint density at radius 1 is 1.38 bits per heavy atom. The summed E-state index contributed by atoms with van der Waals surface area (Å²) in [6, 6.07) is 5.28. The van der Waals surface area contributed by atoms with E-state index in [0.29, 0.717) is 0 Å². The molecule has 0 unspecified atom stereocenters. The molecule has 1 aromatic carbocycles. The fourth-order valence-corrected chi connectivity index (χ4v) is 1.76. The summed E-state index contributed by atoms with van der Waals surface area (Å²) in [5, 5.41) is 10.7. The zero-order chi connectivity index (χ0) is 9.26. The first-order valence-corrected chi connectivity index (χ1v) is 4.38. The molecule has 0 fully saturated rings. The van der Waals surface area contributed by atoms with Crippen LogP contribution in [0.15, 0.2) is 18.2 Å². The van der Waals surface area contributed by atoms with Crippen LogP contribution in [0.2, 0.25) is 0 Å². The van der Waals surface area contributed by atoms with E-state index in [9.17, 15) is 10.1 Å². The fraction of sp³-hybridized carbons (Fsp3) is 0.300. The molecule has 0 aromatic heterocycles. The summed E-state index contributed by atoms with van der Waals surface area (Å²) in [4.78, 5) is 10.4. The molecule has 3 nitrogen and oxygen atoms in total. The van der Waals surface area contributed by atoms with Crippen molar-refractivity contribution in [2.24, 2.45) is 0 Å². The van der Waals surface area contributed by atoms with Crippen LogP contribution in [0, 0.1) is 16.5 Å². The lowest BCUT2D eigenvalue weighted by Crippen LogP contribution is -2.04. The predicted molar refractivity (Wildman–Crippen MR) is 49.4 cm³/mol. The molecule has 3 heteroatoms. The topological polar surface area (TPSA) is 43.1 Å². The molecule has 0 atom stereocenters. The minimum absolute atomic E-state index is 0.272. The molecule has 0 aliphatic heterocycles. The van der Waals surface area contributed by atoms with Crippen LogP contribution in [-0.2, 0) is 6.42 Å². The van der Waals surface area contributed by atoms with Gasteiger partial charge in [0, 0.05) is 11.6 Å². The number of nitrogens with zero attached hydrogens (tertiary/aromatic N) is 1. The summed E-state index contributed by atoms with van der Waals surface area (Å²) < 4.78 is 0. The lowest BCUT2D eigenvalue weighted by atomic mass is 9.91. The zero-order valence-electron chi connectivity index (χ0n) is 7.19. The molecule has 2 rings (SSSR count). The van der Waals surface area contributed by atoms with Crippen molar-refractivity contribution in [2.45, 2.75) is 19.3 Å². The molecule has 0 heterocycles. The van der Waals surface area contributed by atoms with Crippen LogP contribution >= 0.6 is 0 Å². The Kier molecular flexibility index (Phi) is 2.00. The first-order chi connectivity index (χ1) is 6.29. The highest BCUT2D eigenvalue weighted by Gasteiger charge is 2.19. The molecule has 0 amide bonds. The summed E-state index contributed by atoms with van der Waals surface area (Å²) in [6.45, 7) is 0. The van der Waals surface area contributed by atoms with E-state index in [2.05, 4.69) is 6.42 Å². The molecular weight excluding hydrogens is 166 g/mol. The van der Waals surface area contributed by atoms with Crippen molar-refractivity contribution in [3.05, 3.63) is 45.9 Å². The lowest BCUT2D eigenvalue weighted by Gasteiger charge is -2.14. The van der Waals surface area contributed by atoms with E-state index in [1.54, 1.807) is 12.1 Å². The van der Waals surface area contributed by atoms with Crippen molar-refractivity contribution in [3.8, 4) is 0 Å². The SMILES string of the molecule is O=[N+]([O-])c1cccc2c1CCC[CH]2. The Balaban J connectivity index is 2.52. The second-order valence-corrected chi connectivity index (χ2v) is 3.20. The highest BCUT2D eigenvalue weighted by Crippen LogP contribution is 2.29. The van der Waals surface area contributed by atoms with Gasteiger partial charge in [-0.1, -0.05) is 12.1 Å². The second-order valence-electron chi connectivity index (χ2n) is 3.20. The summed E-state index contributed by atoms with van der Waals surface area (Å²) >= 11 is 0. The van der Waals surface area contributed by atoms with Crippen LogP contribution in [0.1, 0.15) is 24.0 Å². The van der Waals surface area contributed by atoms with Crippen LogP contribution < -0.4 is 0 Å². The van der Waals surface area contributed by atoms with Crippen LogP contribution in [0.3, 0.4) is 0 Å². The van der Waals surface area contributed by atoms with Gasteiger partial charge in [-0.25, -0.2) is 0 Å². The van der Waals surface area contributed by atoms with Crippen molar-refractivity contribution in [2.75, 3.05) is 0 Å². The first kappa shape index (κ1) is 8.23. The van der Waals surface area contributed by atoms with Gasteiger partial charge in [0.05, 0.1) is 4.92 Å². The number of nitro benzene ring substituents is 1. The summed E-state index contributed by atoms with van der Waals surface area (Å²) in [6.07, 6.45) is 4.97. The fourth-order valence-electron chi connectivity index (χ4n) is 1.76. The van der Waals surface area contributed by atoms with Crippen molar-refractivity contribution >= 4 is 5.69 Å². The second kappa shape index (κ2) is 3.17. The maximum Gasteiger partial charge on any atom is 0.272 e. The quantitative estimate of drug-likeness (QED) is 0.487. The van der Waals surface area contributed by atoms with Crippen molar-refractivity contribution in [1.29, 1.82) is 0 Å². The van der Waals surface area contributed by atoms with Gasteiger partial charge in [0.2, 0.25) is 0 Å². The van der Waals surface area contributed by atoms with Crippen LogP contribution in [0.4, 0.5) is 5.69 Å². The van der Waals surface area contributed by atoms with E-state index in [1.807, 2.05) is 6.07 Å². The monoisotopic (exact) mass is 176 g/mol. The molecule has 0 saturated heterocycles. The average molecular weight is 176 g/mol. The number of fused-ring (bicyclic) bond motifs is 1. The van der Waals surface area contributed by atoms with Gasteiger partial charge in [-0.2, -0.15) is 0 Å². The van der Waals surface area contributed by atoms with Crippen molar-refractivity contribution in [3.63, 3.8) is 0 Å². The van der Waals surface area contributed by atoms with Crippen molar-refractivity contribution in [1.82, 2.24) is 0 Å². The molecule has 0 bridgehead atoms. The Hall–Kier alpha value is -1.38. The Bertz CT molecular complexity index is 347. The van der Waals surface area contributed by atoms with E-state index < -0.39 is 0 Å². The molecule has 1 aliphatic rings. The first-order valence-electron chi connectivity index (χ1n) is 4.38. The van der Waals surface area contributed by atoms with Crippen LogP contribution in [0.25, 0.3) is 0 Å². The summed E-state index contributed by atoms with van der Waals surface area (Å²) in [7, 11) is 0. The van der Waals surface area contributed by atoms with Gasteiger partial charge < -0.3 is 0 Å². The van der Waals surface area contributed by atoms with E-state index in [1.165, 1.54) is 0 Å². The summed E-state index contributed by atoms with van der Waals surface area (Å²) in [5.74, 6) is 0. The van der Waals surface area contributed by atoms with Crippen molar-refractivity contribution < 1.29 is 4.92 Å². The molecule has 1 radical (unpaired) electrons. The van der Waals surface area contributed by atoms with E-state index in [0.717, 1.165) is 30.4 Å². The lowest BCUT2D eigenvalue weighted by molar-refractivity contribution is -0.385. The van der Waals surface area contributed by atoms with E-state index in [-0.39, 0.29) is 10.6 Å². The molecule has 0 saturated carbocycles. The number of rotatable bonds is 1. The average Bonchev–Trinajstić information content (AvgIpc) is 2.17. The molecular formula is C10H10NO2. The molecule has 67 valence electrons. The van der Waals surface area contributed by atoms with Gasteiger partial charge in [0.1, 0.15) is 0 Å². The highest BCUT2D eigenvalue weighted by atomic mass is 16.6. The van der Waals surface area contributed by atoms with E-state index >= 15 is 0 Å². The smallest absolute Gasteiger partial charge is 0.258 e. The van der Waals surface area contributed by atoms with E-state index in [4.69, 9.17) is 0 Å². The predicted octanol–water partition coefficient (Wildman–Crippen LogP) is 2.48. The Morgan fingerprint density at radius 3 is 3.00 bits per heavy atom. The van der Waals surface area contributed by atoms with Gasteiger partial charge in [-0.3, -0.25) is 10.1 Å². The number of hydrogen-bond donors (Lipinski definition) is 0. The molecule has 13 heavy (non-hydrogen) atoms. The number of benzene rings is 1. The highest BCUT2D eigenvalue weighted by molar-refractivity contribution is 5.49. The minimum atomic E-state index is -0.294. The van der Waals surface area contributed by atoms with Crippen LogP contribution in [0.5, 0.6) is 0 Å². The molecule has 0 N–H and O–H groups in total. The number of hydrogen-bond acceptors (Lipinski definition) is 2. The van der Waals surface area contributed by atoms with Gasteiger partial charge in [-0.05, 0) is 31.2 Å². The maximum atomic E-state index is 10.7. The molecule has 0 spiro atoms.